The quantitative estimate of drug-likeness (QED) is 0.755. The van der Waals surface area contributed by atoms with Crippen molar-refractivity contribution < 1.29 is 0 Å². The van der Waals surface area contributed by atoms with Gasteiger partial charge < -0.3 is 5.73 Å². The van der Waals surface area contributed by atoms with Crippen LogP contribution in [-0.4, -0.2) is 16.0 Å². The molecule has 1 aromatic rings. The first-order chi connectivity index (χ1) is 6.46. The fourth-order valence-electron chi connectivity index (χ4n) is 1.84. The Morgan fingerprint density at radius 2 is 1.71 bits per heavy atom. The summed E-state index contributed by atoms with van der Waals surface area (Å²) in [6.45, 7) is 4.17. The molecule has 0 aliphatic heterocycles. The predicted octanol–water partition coefficient (Wildman–Crippen LogP) is 2.23. The van der Waals surface area contributed by atoms with Crippen LogP contribution in [0.5, 0.6) is 0 Å². The van der Waals surface area contributed by atoms with Crippen molar-refractivity contribution in [1.82, 2.24) is 9.97 Å². The van der Waals surface area contributed by atoms with E-state index in [1.54, 1.807) is 0 Å². The van der Waals surface area contributed by atoms with E-state index in [1.807, 2.05) is 0 Å². The van der Waals surface area contributed by atoms with E-state index in [1.165, 1.54) is 6.33 Å². The molecule has 0 unspecified atom stereocenters. The molecule has 2 rings (SSSR count). The number of aromatic nitrogens is 2. The third kappa shape index (κ3) is 1.31. The van der Waals surface area contributed by atoms with Gasteiger partial charge in [-0.2, -0.15) is 0 Å². The molecule has 0 bridgehead atoms. The zero-order valence-corrected chi connectivity index (χ0v) is 9.47. The van der Waals surface area contributed by atoms with E-state index in [4.69, 9.17) is 28.9 Å². The second-order valence-corrected chi connectivity index (χ2v) is 4.91. The molecule has 5 heteroatoms. The van der Waals surface area contributed by atoms with Crippen LogP contribution in [0.15, 0.2) is 6.33 Å². The zero-order valence-electron chi connectivity index (χ0n) is 7.96. The van der Waals surface area contributed by atoms with Gasteiger partial charge in [-0.3, -0.25) is 0 Å². The molecule has 0 radical (unpaired) electrons. The summed E-state index contributed by atoms with van der Waals surface area (Å²) in [4.78, 5) is 7.83. The van der Waals surface area contributed by atoms with E-state index in [0.29, 0.717) is 10.3 Å². The van der Waals surface area contributed by atoms with Gasteiger partial charge in [-0.25, -0.2) is 9.97 Å². The van der Waals surface area contributed by atoms with Crippen LogP contribution in [0.25, 0.3) is 0 Å². The summed E-state index contributed by atoms with van der Waals surface area (Å²) in [5.41, 5.74) is 6.77. The van der Waals surface area contributed by atoms with E-state index in [2.05, 4.69) is 23.8 Å². The molecule has 76 valence electrons. The van der Waals surface area contributed by atoms with Crippen molar-refractivity contribution in [3.8, 4) is 0 Å². The monoisotopic (exact) mass is 231 g/mol. The second kappa shape index (κ2) is 3.05. The third-order valence-corrected chi connectivity index (χ3v) is 3.61. The van der Waals surface area contributed by atoms with Gasteiger partial charge in [0, 0.05) is 17.5 Å². The minimum absolute atomic E-state index is 0.0397. The lowest BCUT2D eigenvalue weighted by molar-refractivity contribution is 0.598. The number of halogens is 2. The Bertz CT molecular complexity index is 358. The average Bonchev–Trinajstić information content (AvgIpc) is 2.54. The van der Waals surface area contributed by atoms with Crippen LogP contribution in [0.2, 0.25) is 10.3 Å². The van der Waals surface area contributed by atoms with Gasteiger partial charge in [-0.1, -0.05) is 37.0 Å². The first-order valence-electron chi connectivity index (χ1n) is 4.37. The highest BCUT2D eigenvalue weighted by molar-refractivity contribution is 6.34. The topological polar surface area (TPSA) is 51.8 Å². The van der Waals surface area contributed by atoms with E-state index in [9.17, 15) is 0 Å². The molecule has 3 nitrogen and oxygen atoms in total. The van der Waals surface area contributed by atoms with Crippen LogP contribution < -0.4 is 5.73 Å². The molecular weight excluding hydrogens is 221 g/mol. The maximum atomic E-state index is 5.97. The number of hydrogen-bond acceptors (Lipinski definition) is 3. The van der Waals surface area contributed by atoms with Gasteiger partial charge in [0.2, 0.25) is 0 Å². The van der Waals surface area contributed by atoms with Crippen molar-refractivity contribution in [1.29, 1.82) is 0 Å². The summed E-state index contributed by atoms with van der Waals surface area (Å²) in [6.07, 6.45) is 1.36. The Labute approximate surface area is 92.6 Å². The first kappa shape index (κ1) is 10.1. The fraction of sp³-hybridized carbons (Fsp3) is 0.556. The largest absolute Gasteiger partial charge is 0.327 e. The Kier molecular flexibility index (Phi) is 2.21. The van der Waals surface area contributed by atoms with Crippen LogP contribution in [-0.2, 0) is 0 Å². The van der Waals surface area contributed by atoms with Gasteiger partial charge in [0.25, 0.3) is 0 Å². The van der Waals surface area contributed by atoms with Crippen molar-refractivity contribution in [2.45, 2.75) is 25.8 Å². The molecule has 0 saturated heterocycles. The number of nitrogens with two attached hydrogens (primary N) is 1. The van der Waals surface area contributed by atoms with Crippen LogP contribution in [0.3, 0.4) is 0 Å². The summed E-state index contributed by atoms with van der Waals surface area (Å²) >= 11 is 11.9. The smallest absolute Gasteiger partial charge is 0.137 e. The number of rotatable bonds is 1. The van der Waals surface area contributed by atoms with Crippen LogP contribution in [0.1, 0.15) is 25.3 Å². The molecular formula is C9H11Cl2N3. The van der Waals surface area contributed by atoms with E-state index in [0.717, 1.165) is 5.56 Å². The van der Waals surface area contributed by atoms with Crippen molar-refractivity contribution in [3.63, 3.8) is 0 Å². The maximum absolute atomic E-state index is 5.97. The molecule has 1 aliphatic carbocycles. The van der Waals surface area contributed by atoms with Crippen molar-refractivity contribution in [2.75, 3.05) is 0 Å². The minimum Gasteiger partial charge on any atom is -0.327 e. The Morgan fingerprint density at radius 3 is 2.07 bits per heavy atom. The van der Waals surface area contributed by atoms with E-state index in [-0.39, 0.29) is 17.4 Å². The lowest BCUT2D eigenvalue weighted by Gasteiger charge is -2.05. The van der Waals surface area contributed by atoms with Gasteiger partial charge in [-0.15, -0.1) is 0 Å². The third-order valence-electron chi connectivity index (χ3n) is 3.01. The van der Waals surface area contributed by atoms with Gasteiger partial charge in [-0.05, 0) is 5.41 Å². The molecule has 0 aromatic carbocycles. The molecule has 1 saturated carbocycles. The normalized spacial score (nSPS) is 28.9. The molecule has 2 N–H and O–H groups in total. The van der Waals surface area contributed by atoms with Crippen molar-refractivity contribution in [2.24, 2.45) is 11.1 Å². The minimum atomic E-state index is 0.0397. The molecule has 0 spiro atoms. The molecule has 1 fully saturated rings. The number of hydrogen-bond donors (Lipinski definition) is 1. The Hall–Kier alpha value is -0.380. The molecule has 0 amide bonds. The summed E-state index contributed by atoms with van der Waals surface area (Å²) < 4.78 is 0. The molecule has 2 atom stereocenters. The Morgan fingerprint density at radius 1 is 1.29 bits per heavy atom. The SMILES string of the molecule is CC1(C)[C@@H](N)[C@@H]1c1c(Cl)ncnc1Cl. The lowest BCUT2D eigenvalue weighted by Crippen LogP contribution is -2.06. The predicted molar refractivity (Wildman–Crippen MR) is 56.5 cm³/mol. The highest BCUT2D eigenvalue weighted by Gasteiger charge is 2.58. The highest BCUT2D eigenvalue weighted by atomic mass is 35.5. The van der Waals surface area contributed by atoms with Crippen LogP contribution >= 0.6 is 23.2 Å². The summed E-state index contributed by atoms with van der Waals surface area (Å²) in [6, 6.07) is 0.0866. The molecule has 14 heavy (non-hydrogen) atoms. The second-order valence-electron chi connectivity index (χ2n) is 4.19. The fourth-order valence-corrected chi connectivity index (χ4v) is 2.39. The van der Waals surface area contributed by atoms with Crippen LogP contribution in [0.4, 0.5) is 0 Å². The van der Waals surface area contributed by atoms with Crippen LogP contribution in [0, 0.1) is 5.41 Å². The standard InChI is InChI=1S/C9H11Cl2N3/c1-9(2)5(6(9)12)4-7(10)13-3-14-8(4)11/h3,5-6H,12H2,1-2H3/t5-,6-/m0/s1. The van der Waals surface area contributed by atoms with Gasteiger partial charge in [0.05, 0.1) is 0 Å². The highest BCUT2D eigenvalue weighted by Crippen LogP contribution is 2.59. The van der Waals surface area contributed by atoms with Gasteiger partial charge in [0.15, 0.2) is 0 Å². The van der Waals surface area contributed by atoms with E-state index >= 15 is 0 Å². The molecule has 1 aromatic heterocycles. The van der Waals surface area contributed by atoms with E-state index < -0.39 is 0 Å². The summed E-state index contributed by atoms with van der Waals surface area (Å²) in [7, 11) is 0. The number of nitrogens with zero attached hydrogens (tertiary/aromatic N) is 2. The Balaban J connectivity index is 2.44. The molecule has 1 heterocycles. The average molecular weight is 232 g/mol. The van der Waals surface area contributed by atoms with Gasteiger partial charge in [0.1, 0.15) is 16.6 Å². The lowest BCUT2D eigenvalue weighted by atomic mass is 10.1. The first-order valence-corrected chi connectivity index (χ1v) is 5.13. The maximum Gasteiger partial charge on any atom is 0.137 e. The van der Waals surface area contributed by atoms with Gasteiger partial charge >= 0.3 is 0 Å². The molecule has 1 aliphatic rings. The van der Waals surface area contributed by atoms with Crippen molar-refractivity contribution >= 4 is 23.2 Å². The summed E-state index contributed by atoms with van der Waals surface area (Å²) in [5.74, 6) is 0.170. The zero-order chi connectivity index (χ0) is 10.5. The van der Waals surface area contributed by atoms with Crippen molar-refractivity contribution in [3.05, 3.63) is 22.2 Å². The summed E-state index contributed by atoms with van der Waals surface area (Å²) in [5, 5.41) is 0.826.